The molecule has 4 aromatic carbocycles. The van der Waals surface area contributed by atoms with E-state index >= 15 is 0 Å². The van der Waals surface area contributed by atoms with Crippen LogP contribution in [0.3, 0.4) is 0 Å². The summed E-state index contributed by atoms with van der Waals surface area (Å²) in [5.41, 5.74) is 0.603. The predicted molar refractivity (Wildman–Crippen MR) is 254 cm³/mol. The monoisotopic (exact) mass is 1040 g/mol. The third kappa shape index (κ3) is 27.5. The Kier molecular flexibility index (Phi) is 32.4. The fraction of sp³-hybridized carbons (Fsp3) is 0.288. The van der Waals surface area contributed by atoms with E-state index in [1.54, 1.807) is 0 Å². The second-order valence-corrected chi connectivity index (χ2v) is 19.7. The third-order valence-electron chi connectivity index (χ3n) is 8.96. The number of hydrogen-bond acceptors (Lipinski definition) is 12. The normalized spacial score (nSPS) is 11.6. The minimum atomic E-state index is -1.80. The van der Waals surface area contributed by atoms with Gasteiger partial charge in [0, 0.05) is 0 Å². The first kappa shape index (κ1) is 61.3. The molecular formula is C52H57O12P2Rh. The molecule has 0 unspecified atom stereocenters. The van der Waals surface area contributed by atoms with Crippen LogP contribution in [0, 0.1) is 5.92 Å². The van der Waals surface area contributed by atoms with Gasteiger partial charge in [0.25, 0.3) is 0 Å². The van der Waals surface area contributed by atoms with Crippen LogP contribution in [-0.4, -0.2) is 64.4 Å². The number of carbonyl (C=O) groups is 9. The van der Waals surface area contributed by atoms with E-state index < -0.39 is 87.7 Å². The summed E-state index contributed by atoms with van der Waals surface area (Å²) in [5, 5.41) is 34.8. The van der Waals surface area contributed by atoms with E-state index in [4.69, 9.17) is 0 Å². The summed E-state index contributed by atoms with van der Waals surface area (Å²) in [6, 6.07) is 44.7. The van der Waals surface area contributed by atoms with Crippen molar-refractivity contribution in [3.8, 4) is 0 Å². The molecule has 1 aliphatic rings. The summed E-state index contributed by atoms with van der Waals surface area (Å²) in [5.74, 6) is -9.70. The van der Waals surface area contributed by atoms with Crippen LogP contribution in [0.25, 0.3) is 0 Å². The zero-order valence-corrected chi connectivity index (χ0v) is 41.7. The first-order valence-electron chi connectivity index (χ1n) is 21.1. The van der Waals surface area contributed by atoms with Gasteiger partial charge >= 0.3 is 19.5 Å². The molecule has 0 bridgehead atoms. The van der Waals surface area contributed by atoms with Gasteiger partial charge in [0.05, 0.1) is 19.3 Å². The van der Waals surface area contributed by atoms with Crippen molar-refractivity contribution in [2.45, 2.75) is 85.2 Å². The van der Waals surface area contributed by atoms with Crippen molar-refractivity contribution < 1.29 is 77.9 Å². The number of ketones is 6. The Morgan fingerprint density at radius 2 is 0.731 bits per heavy atom. The molecule has 0 aliphatic heterocycles. The maximum Gasteiger partial charge on any atom is 3.00 e. The molecular weight excluding hydrogens is 981 g/mol. The molecule has 0 amide bonds. The molecule has 5 rings (SSSR count). The van der Waals surface area contributed by atoms with Crippen LogP contribution in [0.2, 0.25) is 0 Å². The van der Waals surface area contributed by atoms with Gasteiger partial charge < -0.3 is 29.7 Å². The van der Waals surface area contributed by atoms with E-state index in [-0.39, 0.29) is 19.5 Å². The second kappa shape index (κ2) is 35.5. The average Bonchev–Trinajstić information content (AvgIpc) is 3.26. The zero-order valence-electron chi connectivity index (χ0n) is 38.3. The Hall–Kier alpha value is -5.73. The van der Waals surface area contributed by atoms with Crippen LogP contribution in [0.15, 0.2) is 146 Å². The van der Waals surface area contributed by atoms with Crippen molar-refractivity contribution in [2.24, 2.45) is 5.92 Å². The van der Waals surface area contributed by atoms with Crippen LogP contribution in [-0.2, 0) is 62.6 Å². The largest absolute Gasteiger partial charge is 3.00 e. The Bertz CT molecular complexity index is 2050. The molecule has 0 spiro atoms. The molecule has 0 fully saturated rings. The maximum atomic E-state index is 10.1. The van der Waals surface area contributed by atoms with Crippen molar-refractivity contribution in [1.82, 2.24) is 0 Å². The molecule has 0 N–H and O–H groups in total. The van der Waals surface area contributed by atoms with Gasteiger partial charge in [-0.1, -0.05) is 159 Å². The topological polar surface area (TPSA) is 223 Å². The van der Waals surface area contributed by atoms with Gasteiger partial charge in [-0.05, 0) is 101 Å². The number of carboxylic acids is 3. The SMILES string of the molecule is C1=CCCCCC=C1.CC(=O)CC(=O)C(=O)[O-].CC(=O)CC(=O)C(=O)[O-].CC(=O)CC(=O)C(=O)[O-].CC(C)[C@H](CP(c1ccccc1)c1ccccc1)P(c1ccccc1)c1ccccc1.[Rh+3]. The fourth-order valence-electron chi connectivity index (χ4n) is 5.83. The van der Waals surface area contributed by atoms with Crippen molar-refractivity contribution >= 4 is 89.7 Å². The molecule has 67 heavy (non-hydrogen) atoms. The predicted octanol–water partition coefficient (Wildman–Crippen LogP) is 3.80. The maximum absolute atomic E-state index is 10.1. The number of allylic oxidation sites excluding steroid dienone is 4. The summed E-state index contributed by atoms with van der Waals surface area (Å²) in [7, 11) is -0.870. The van der Waals surface area contributed by atoms with E-state index in [2.05, 4.69) is 159 Å². The van der Waals surface area contributed by atoms with Crippen LogP contribution >= 0.6 is 15.8 Å². The van der Waals surface area contributed by atoms with Gasteiger partial charge in [0.1, 0.15) is 35.3 Å². The molecule has 1 aliphatic carbocycles. The summed E-state index contributed by atoms with van der Waals surface area (Å²) in [6.45, 7) is 8.24. The molecule has 356 valence electrons. The third-order valence-corrected chi connectivity index (χ3v) is 15.0. The van der Waals surface area contributed by atoms with Crippen molar-refractivity contribution in [1.29, 1.82) is 0 Å². The van der Waals surface area contributed by atoms with Crippen molar-refractivity contribution in [3.63, 3.8) is 0 Å². The number of hydrogen-bond donors (Lipinski definition) is 0. The van der Waals surface area contributed by atoms with Gasteiger partial charge in [-0.15, -0.1) is 0 Å². The van der Waals surface area contributed by atoms with E-state index in [1.807, 2.05) is 0 Å². The number of carbonyl (C=O) groups excluding carboxylic acids is 9. The van der Waals surface area contributed by atoms with E-state index in [9.17, 15) is 58.5 Å². The van der Waals surface area contributed by atoms with Crippen LogP contribution in [0.4, 0.5) is 0 Å². The van der Waals surface area contributed by atoms with Crippen molar-refractivity contribution in [3.05, 3.63) is 146 Å². The molecule has 0 aromatic heterocycles. The number of carboxylic acid groups (broad SMARTS) is 3. The number of benzene rings is 4. The number of Topliss-reactive ketones (excluding diaryl/α,β-unsaturated/α-hetero) is 6. The molecule has 0 heterocycles. The van der Waals surface area contributed by atoms with Crippen LogP contribution < -0.4 is 36.5 Å². The molecule has 12 nitrogen and oxygen atoms in total. The summed E-state index contributed by atoms with van der Waals surface area (Å²) in [4.78, 5) is 89.2. The Labute approximate surface area is 408 Å². The number of rotatable bonds is 17. The number of aliphatic carboxylic acids is 3. The Balaban J connectivity index is 0.000000986. The van der Waals surface area contributed by atoms with Gasteiger partial charge in [-0.3, -0.25) is 28.8 Å². The zero-order chi connectivity index (χ0) is 49.4. The fourth-order valence-corrected chi connectivity index (χ4v) is 12.2. The minimum Gasteiger partial charge on any atom is -0.542 e. The smallest absolute Gasteiger partial charge is 0.542 e. The Morgan fingerprint density at radius 3 is 0.955 bits per heavy atom. The van der Waals surface area contributed by atoms with Gasteiger partial charge in [-0.25, -0.2) is 0 Å². The van der Waals surface area contributed by atoms with E-state index in [1.165, 1.54) is 53.1 Å². The van der Waals surface area contributed by atoms with Gasteiger partial charge in [0.15, 0.2) is 17.3 Å². The standard InChI is InChI=1S/C29H30P2.C8H12.3C5H6O4.Rh/c1-24(2)29(31(27-19-11-5-12-20-27)28-21-13-6-14-22-28)23-30(25-15-7-3-8-16-25)26-17-9-4-10-18-26;1-2-4-6-8-7-5-3-1;3*1-3(6)2-4(7)5(8)9;/h3-22,24,29H,23H2,1-2H3;1-4H,5-8H2;3*2H2,1H3,(H,8,9);/q;;;;;+3/p-3/t29-;;;;;/m0...../s1. The summed E-state index contributed by atoms with van der Waals surface area (Å²) >= 11 is 0. The van der Waals surface area contributed by atoms with Gasteiger partial charge in [-0.2, -0.15) is 0 Å². The summed E-state index contributed by atoms with van der Waals surface area (Å²) < 4.78 is 0. The molecule has 4 aromatic rings. The van der Waals surface area contributed by atoms with Crippen LogP contribution in [0.1, 0.15) is 79.6 Å². The molecule has 0 saturated heterocycles. The second-order valence-electron chi connectivity index (χ2n) is 15.0. The molecule has 15 heteroatoms. The molecule has 0 saturated carbocycles. The Morgan fingerprint density at radius 1 is 0.463 bits per heavy atom. The average molecular weight is 1040 g/mol. The van der Waals surface area contributed by atoms with Crippen molar-refractivity contribution in [2.75, 3.05) is 6.16 Å². The molecule has 1 atom stereocenters. The quantitative estimate of drug-likeness (QED) is 0.0638. The van der Waals surface area contributed by atoms with Crippen LogP contribution in [0.5, 0.6) is 0 Å². The first-order chi connectivity index (χ1) is 31.3. The van der Waals surface area contributed by atoms with E-state index in [0.29, 0.717) is 11.6 Å². The molecule has 0 radical (unpaired) electrons. The van der Waals surface area contributed by atoms with E-state index in [0.717, 1.165) is 20.8 Å². The minimum absolute atomic E-state index is 0. The van der Waals surface area contributed by atoms with Gasteiger partial charge in [0.2, 0.25) is 0 Å². The summed E-state index contributed by atoms with van der Waals surface area (Å²) in [6.07, 6.45) is 13.5. The first-order valence-corrected chi connectivity index (χ1v) is 24.1.